The van der Waals surface area contributed by atoms with Gasteiger partial charge in [-0.25, -0.2) is 0 Å². The molecule has 0 atom stereocenters. The zero-order chi connectivity index (χ0) is 8.43. The maximum Gasteiger partial charge on any atom is 0.0429 e. The number of halogens is 1. The van der Waals surface area contributed by atoms with Gasteiger partial charge in [0.1, 0.15) is 0 Å². The van der Waals surface area contributed by atoms with E-state index in [0.29, 0.717) is 0 Å². The number of nitrogens with two attached hydrogens (primary N) is 1. The van der Waals surface area contributed by atoms with Gasteiger partial charge < -0.3 is 5.73 Å². The molecule has 1 aromatic rings. The molecule has 60 valence electrons. The van der Waals surface area contributed by atoms with Crippen molar-refractivity contribution in [3.63, 3.8) is 0 Å². The highest BCUT2D eigenvalue weighted by atomic mass is 35.5. The van der Waals surface area contributed by atoms with E-state index >= 15 is 0 Å². The van der Waals surface area contributed by atoms with Crippen LogP contribution in [0.15, 0.2) is 12.1 Å². The molecule has 0 saturated heterocycles. The molecule has 0 unspecified atom stereocenters. The van der Waals surface area contributed by atoms with E-state index in [2.05, 4.69) is 6.92 Å². The molecule has 0 bridgehead atoms. The topological polar surface area (TPSA) is 26.0 Å². The van der Waals surface area contributed by atoms with Crippen LogP contribution in [0.2, 0.25) is 5.02 Å². The fourth-order valence-corrected chi connectivity index (χ4v) is 1.38. The summed E-state index contributed by atoms with van der Waals surface area (Å²) in [5.41, 5.74) is 8.88. The minimum Gasteiger partial charge on any atom is -0.398 e. The molecule has 0 radical (unpaired) electrons. The van der Waals surface area contributed by atoms with Gasteiger partial charge in [-0.2, -0.15) is 0 Å². The molecule has 11 heavy (non-hydrogen) atoms. The third-order valence-electron chi connectivity index (χ3n) is 1.90. The lowest BCUT2D eigenvalue weighted by molar-refractivity contribution is 1.11. The summed E-state index contributed by atoms with van der Waals surface area (Å²) in [6.45, 7) is 4.11. The van der Waals surface area contributed by atoms with Crippen LogP contribution < -0.4 is 5.73 Å². The number of aryl methyl sites for hydroxylation is 1. The first-order valence-corrected chi connectivity index (χ1v) is 4.07. The average molecular weight is 170 g/mol. The molecule has 2 N–H and O–H groups in total. The fourth-order valence-electron chi connectivity index (χ4n) is 1.13. The summed E-state index contributed by atoms with van der Waals surface area (Å²) in [6, 6.07) is 3.75. The van der Waals surface area contributed by atoms with Gasteiger partial charge in [0.15, 0.2) is 0 Å². The van der Waals surface area contributed by atoms with Gasteiger partial charge in [0.05, 0.1) is 0 Å². The molecule has 1 rings (SSSR count). The van der Waals surface area contributed by atoms with Crippen LogP contribution in [0.5, 0.6) is 0 Å². The van der Waals surface area contributed by atoms with Gasteiger partial charge >= 0.3 is 0 Å². The van der Waals surface area contributed by atoms with E-state index in [1.54, 1.807) is 6.07 Å². The average Bonchev–Trinajstić information content (AvgIpc) is 1.96. The molecular weight excluding hydrogens is 158 g/mol. The van der Waals surface area contributed by atoms with Crippen LogP contribution in [-0.4, -0.2) is 0 Å². The molecule has 0 aliphatic rings. The van der Waals surface area contributed by atoms with Crippen LogP contribution in [0.3, 0.4) is 0 Å². The van der Waals surface area contributed by atoms with E-state index in [-0.39, 0.29) is 0 Å². The van der Waals surface area contributed by atoms with Crippen LogP contribution >= 0.6 is 11.6 Å². The third kappa shape index (κ3) is 1.66. The lowest BCUT2D eigenvalue weighted by atomic mass is 10.1. The molecule has 0 saturated carbocycles. The maximum atomic E-state index is 5.82. The highest BCUT2D eigenvalue weighted by Gasteiger charge is 2.00. The van der Waals surface area contributed by atoms with Crippen molar-refractivity contribution in [3.8, 4) is 0 Å². The first kappa shape index (κ1) is 8.41. The van der Waals surface area contributed by atoms with Gasteiger partial charge in [-0.15, -0.1) is 0 Å². The van der Waals surface area contributed by atoms with E-state index in [9.17, 15) is 0 Å². The molecule has 0 aliphatic heterocycles. The van der Waals surface area contributed by atoms with Crippen LogP contribution in [0.25, 0.3) is 0 Å². The number of anilines is 1. The third-order valence-corrected chi connectivity index (χ3v) is 2.12. The zero-order valence-electron chi connectivity index (χ0n) is 6.82. The SMILES string of the molecule is CCc1cc(Cl)cc(N)c1C. The second kappa shape index (κ2) is 3.14. The zero-order valence-corrected chi connectivity index (χ0v) is 7.57. The number of nitrogen functional groups attached to an aromatic ring is 1. The van der Waals surface area contributed by atoms with Crippen molar-refractivity contribution < 1.29 is 0 Å². The van der Waals surface area contributed by atoms with E-state index in [0.717, 1.165) is 22.7 Å². The Morgan fingerprint density at radius 1 is 1.45 bits per heavy atom. The molecule has 0 aliphatic carbocycles. The second-order valence-electron chi connectivity index (χ2n) is 2.63. The van der Waals surface area contributed by atoms with Crippen LogP contribution in [0.4, 0.5) is 5.69 Å². The normalized spacial score (nSPS) is 10.1. The monoisotopic (exact) mass is 169 g/mol. The second-order valence-corrected chi connectivity index (χ2v) is 3.07. The van der Waals surface area contributed by atoms with Gasteiger partial charge in [-0.1, -0.05) is 18.5 Å². The Balaban J connectivity index is 3.24. The number of hydrogen-bond donors (Lipinski definition) is 1. The van der Waals surface area contributed by atoms with Crippen LogP contribution in [-0.2, 0) is 6.42 Å². The van der Waals surface area contributed by atoms with Crippen molar-refractivity contribution in [2.45, 2.75) is 20.3 Å². The van der Waals surface area contributed by atoms with Gasteiger partial charge in [-0.05, 0) is 36.6 Å². The Morgan fingerprint density at radius 2 is 2.09 bits per heavy atom. The highest BCUT2D eigenvalue weighted by Crippen LogP contribution is 2.22. The summed E-state index contributed by atoms with van der Waals surface area (Å²) in [5.74, 6) is 0. The number of hydrogen-bond acceptors (Lipinski definition) is 1. The fraction of sp³-hybridized carbons (Fsp3) is 0.333. The van der Waals surface area contributed by atoms with Gasteiger partial charge in [-0.3, -0.25) is 0 Å². The Bertz CT molecular complexity index is 269. The number of benzene rings is 1. The molecule has 1 nitrogen and oxygen atoms in total. The summed E-state index contributed by atoms with van der Waals surface area (Å²) in [7, 11) is 0. The van der Waals surface area contributed by atoms with E-state index < -0.39 is 0 Å². The van der Waals surface area contributed by atoms with Crippen LogP contribution in [0.1, 0.15) is 18.1 Å². The molecule has 0 spiro atoms. The van der Waals surface area contributed by atoms with Gasteiger partial charge in [0, 0.05) is 10.7 Å². The van der Waals surface area contributed by atoms with Crippen molar-refractivity contribution in [1.29, 1.82) is 0 Å². The highest BCUT2D eigenvalue weighted by molar-refractivity contribution is 6.31. The van der Waals surface area contributed by atoms with Crippen LogP contribution in [0, 0.1) is 6.92 Å². The van der Waals surface area contributed by atoms with Gasteiger partial charge in [0.2, 0.25) is 0 Å². The predicted octanol–water partition coefficient (Wildman–Crippen LogP) is 2.79. The molecule has 0 fully saturated rings. The van der Waals surface area contributed by atoms with E-state index in [1.165, 1.54) is 5.56 Å². The van der Waals surface area contributed by atoms with Crippen molar-refractivity contribution in [2.75, 3.05) is 5.73 Å². The standard InChI is InChI=1S/C9H12ClN/c1-3-7-4-8(10)5-9(11)6(7)2/h4-5H,3,11H2,1-2H3. The van der Waals surface area contributed by atoms with Crippen molar-refractivity contribution in [2.24, 2.45) is 0 Å². The predicted molar refractivity (Wildman–Crippen MR) is 50.0 cm³/mol. The largest absolute Gasteiger partial charge is 0.398 e. The summed E-state index contributed by atoms with van der Waals surface area (Å²) in [4.78, 5) is 0. The van der Waals surface area contributed by atoms with Crippen molar-refractivity contribution in [1.82, 2.24) is 0 Å². The molecule has 2 heteroatoms. The van der Waals surface area contributed by atoms with Gasteiger partial charge in [0.25, 0.3) is 0 Å². The lowest BCUT2D eigenvalue weighted by Gasteiger charge is -2.06. The van der Waals surface area contributed by atoms with E-state index in [1.807, 2.05) is 13.0 Å². The Morgan fingerprint density at radius 3 is 2.64 bits per heavy atom. The first-order valence-electron chi connectivity index (χ1n) is 3.69. The summed E-state index contributed by atoms with van der Waals surface area (Å²) >= 11 is 5.82. The molecule has 0 aromatic heterocycles. The Labute approximate surface area is 72.2 Å². The molecule has 1 aromatic carbocycles. The molecular formula is C9H12ClN. The maximum absolute atomic E-state index is 5.82. The Hall–Kier alpha value is -0.690. The van der Waals surface area contributed by atoms with E-state index in [4.69, 9.17) is 17.3 Å². The first-order chi connectivity index (χ1) is 5.15. The lowest BCUT2D eigenvalue weighted by Crippen LogP contribution is -1.94. The molecule has 0 amide bonds. The van der Waals surface area contributed by atoms with Crippen molar-refractivity contribution >= 4 is 17.3 Å². The minimum atomic E-state index is 0.727. The quantitative estimate of drug-likeness (QED) is 0.643. The Kier molecular flexibility index (Phi) is 2.40. The minimum absolute atomic E-state index is 0.727. The smallest absolute Gasteiger partial charge is 0.0429 e. The summed E-state index contributed by atoms with van der Waals surface area (Å²) in [5, 5.41) is 0.727. The van der Waals surface area contributed by atoms with Crippen molar-refractivity contribution in [3.05, 3.63) is 28.3 Å². The summed E-state index contributed by atoms with van der Waals surface area (Å²) in [6.07, 6.45) is 0.983. The summed E-state index contributed by atoms with van der Waals surface area (Å²) < 4.78 is 0. The molecule has 0 heterocycles. The number of rotatable bonds is 1.